The van der Waals surface area contributed by atoms with Crippen LogP contribution in [0.3, 0.4) is 0 Å². The summed E-state index contributed by atoms with van der Waals surface area (Å²) in [5, 5.41) is 9.07. The zero-order valence-corrected chi connectivity index (χ0v) is 7.04. The lowest BCUT2D eigenvalue weighted by atomic mass is 10.1. The number of hydrogen-bond acceptors (Lipinski definition) is 3. The summed E-state index contributed by atoms with van der Waals surface area (Å²) in [7, 11) is 0. The molecule has 1 rings (SSSR count). The number of hydrogen-bond donors (Lipinski definition) is 1. The van der Waals surface area contributed by atoms with E-state index in [0.29, 0.717) is 0 Å². The molecule has 0 radical (unpaired) electrons. The van der Waals surface area contributed by atoms with Gasteiger partial charge >= 0.3 is 0 Å². The number of nitrogens with zero attached hydrogens (tertiary/aromatic N) is 1. The number of halogens is 1. The van der Waals surface area contributed by atoms with Crippen LogP contribution >= 0.6 is 0 Å². The minimum atomic E-state index is -0.732. The molecule has 0 aliphatic heterocycles. The quantitative estimate of drug-likeness (QED) is 0.557. The highest BCUT2D eigenvalue weighted by molar-refractivity contribution is 5.37. The molecule has 3 nitrogen and oxygen atoms in total. The molecule has 0 saturated heterocycles. The van der Waals surface area contributed by atoms with Crippen LogP contribution in [0.25, 0.3) is 0 Å². The van der Waals surface area contributed by atoms with E-state index in [1.54, 1.807) is 6.92 Å². The highest BCUT2D eigenvalue weighted by Gasteiger charge is 2.07. The Morgan fingerprint density at radius 2 is 2.31 bits per heavy atom. The van der Waals surface area contributed by atoms with Crippen LogP contribution in [-0.4, -0.2) is 11.2 Å². The molecule has 68 valence electrons. The topological polar surface area (TPSA) is 49.7 Å². The standard InChI is InChI=1S/C9H8FNO2/c1-6-2-7(4-11-5-12)9(10)8(13)3-6/h2-3,13H,4H2,1H3. The molecule has 1 aromatic carbocycles. The SMILES string of the molecule is Cc1cc(O)c(F)c(CN=C=O)c1. The first-order valence-electron chi connectivity index (χ1n) is 3.66. The van der Waals surface area contributed by atoms with E-state index in [4.69, 9.17) is 5.11 Å². The summed E-state index contributed by atoms with van der Waals surface area (Å²) in [6.07, 6.45) is 1.31. The van der Waals surface area contributed by atoms with Crippen molar-refractivity contribution >= 4 is 6.08 Å². The number of rotatable bonds is 2. The van der Waals surface area contributed by atoms with E-state index in [2.05, 4.69) is 4.99 Å². The largest absolute Gasteiger partial charge is 0.505 e. The lowest BCUT2D eigenvalue weighted by molar-refractivity contribution is 0.428. The molecule has 13 heavy (non-hydrogen) atoms. The van der Waals surface area contributed by atoms with Crippen LogP contribution in [0.4, 0.5) is 4.39 Å². The van der Waals surface area contributed by atoms with Crippen LogP contribution in [0, 0.1) is 12.7 Å². The van der Waals surface area contributed by atoms with Crippen molar-refractivity contribution in [2.45, 2.75) is 13.5 Å². The van der Waals surface area contributed by atoms with Gasteiger partial charge in [0.25, 0.3) is 0 Å². The predicted octanol–water partition coefficient (Wildman–Crippen LogP) is 1.68. The summed E-state index contributed by atoms with van der Waals surface area (Å²) in [6.45, 7) is 1.62. The molecule has 0 amide bonds. The Morgan fingerprint density at radius 1 is 1.62 bits per heavy atom. The molecule has 0 bridgehead atoms. The fourth-order valence-corrected chi connectivity index (χ4v) is 1.06. The van der Waals surface area contributed by atoms with Gasteiger partial charge in [-0.1, -0.05) is 6.07 Å². The van der Waals surface area contributed by atoms with E-state index >= 15 is 0 Å². The van der Waals surface area contributed by atoms with Gasteiger partial charge in [0.05, 0.1) is 6.54 Å². The average Bonchev–Trinajstić information content (AvgIpc) is 2.09. The zero-order valence-electron chi connectivity index (χ0n) is 7.04. The number of phenolic OH excluding ortho intramolecular Hbond substituents is 1. The van der Waals surface area contributed by atoms with Crippen LogP contribution in [0.5, 0.6) is 5.75 Å². The third-order valence-electron chi connectivity index (χ3n) is 1.59. The summed E-state index contributed by atoms with van der Waals surface area (Å²) >= 11 is 0. The van der Waals surface area contributed by atoms with Gasteiger partial charge in [-0.2, -0.15) is 0 Å². The van der Waals surface area contributed by atoms with Crippen molar-refractivity contribution in [2.24, 2.45) is 4.99 Å². The van der Waals surface area contributed by atoms with E-state index in [1.165, 1.54) is 18.2 Å². The Kier molecular flexibility index (Phi) is 2.77. The number of phenols is 1. The van der Waals surface area contributed by atoms with Crippen molar-refractivity contribution in [1.29, 1.82) is 0 Å². The molecule has 0 unspecified atom stereocenters. The Balaban J connectivity index is 3.12. The van der Waals surface area contributed by atoms with Gasteiger partial charge in [0.1, 0.15) is 0 Å². The average molecular weight is 181 g/mol. The van der Waals surface area contributed by atoms with Crippen LogP contribution < -0.4 is 0 Å². The van der Waals surface area contributed by atoms with Gasteiger partial charge in [0.15, 0.2) is 11.6 Å². The van der Waals surface area contributed by atoms with E-state index < -0.39 is 11.6 Å². The highest BCUT2D eigenvalue weighted by Crippen LogP contribution is 2.21. The lowest BCUT2D eigenvalue weighted by Crippen LogP contribution is -1.90. The molecule has 1 N–H and O–H groups in total. The van der Waals surface area contributed by atoms with Crippen LogP contribution in [0.2, 0.25) is 0 Å². The molecule has 0 saturated carbocycles. The maximum Gasteiger partial charge on any atom is 0.235 e. The summed E-state index contributed by atoms with van der Waals surface area (Å²) in [5.74, 6) is -1.15. The van der Waals surface area contributed by atoms with Crippen LogP contribution in [0.15, 0.2) is 17.1 Å². The van der Waals surface area contributed by atoms with Gasteiger partial charge in [-0.05, 0) is 18.6 Å². The number of aliphatic imine (C=N–C) groups is 1. The van der Waals surface area contributed by atoms with E-state index in [-0.39, 0.29) is 12.1 Å². The molecular weight excluding hydrogens is 173 g/mol. The normalized spacial score (nSPS) is 9.38. The second kappa shape index (κ2) is 3.83. The maximum absolute atomic E-state index is 13.1. The van der Waals surface area contributed by atoms with Crippen molar-refractivity contribution in [3.8, 4) is 5.75 Å². The van der Waals surface area contributed by atoms with Crippen LogP contribution in [-0.2, 0) is 11.3 Å². The van der Waals surface area contributed by atoms with E-state index in [1.807, 2.05) is 0 Å². The van der Waals surface area contributed by atoms with E-state index in [9.17, 15) is 9.18 Å². The van der Waals surface area contributed by atoms with Crippen molar-refractivity contribution in [3.63, 3.8) is 0 Å². The second-order valence-electron chi connectivity index (χ2n) is 2.66. The fourth-order valence-electron chi connectivity index (χ4n) is 1.06. The predicted molar refractivity (Wildman–Crippen MR) is 44.6 cm³/mol. The Morgan fingerprint density at radius 3 is 2.92 bits per heavy atom. The summed E-state index contributed by atoms with van der Waals surface area (Å²) in [5.41, 5.74) is 0.913. The second-order valence-corrected chi connectivity index (χ2v) is 2.66. The first-order valence-corrected chi connectivity index (χ1v) is 3.66. The zero-order chi connectivity index (χ0) is 9.84. The van der Waals surface area contributed by atoms with Crippen LogP contribution in [0.1, 0.15) is 11.1 Å². The monoisotopic (exact) mass is 181 g/mol. The van der Waals surface area contributed by atoms with Crippen molar-refractivity contribution in [3.05, 3.63) is 29.1 Å². The van der Waals surface area contributed by atoms with Crippen molar-refractivity contribution < 1.29 is 14.3 Å². The van der Waals surface area contributed by atoms with E-state index in [0.717, 1.165) is 5.56 Å². The number of benzene rings is 1. The molecule has 0 aliphatic carbocycles. The van der Waals surface area contributed by atoms with Gasteiger partial charge < -0.3 is 5.11 Å². The molecule has 4 heteroatoms. The molecule has 0 heterocycles. The molecule has 0 spiro atoms. The molecule has 0 aliphatic rings. The Labute approximate surface area is 74.5 Å². The molecule has 1 aromatic rings. The maximum atomic E-state index is 13.1. The third kappa shape index (κ3) is 2.13. The first kappa shape index (κ1) is 9.42. The number of aryl methyl sites for hydroxylation is 1. The highest BCUT2D eigenvalue weighted by atomic mass is 19.1. The minimum absolute atomic E-state index is 0.0927. The summed E-state index contributed by atoms with van der Waals surface area (Å²) in [4.78, 5) is 13.0. The Hall–Kier alpha value is -1.67. The number of carbonyl (C=O) groups excluding carboxylic acids is 1. The van der Waals surface area contributed by atoms with Gasteiger partial charge in [0.2, 0.25) is 6.08 Å². The fraction of sp³-hybridized carbons (Fsp3) is 0.222. The van der Waals surface area contributed by atoms with Crippen molar-refractivity contribution in [2.75, 3.05) is 0 Å². The molecular formula is C9H8FNO2. The number of aromatic hydroxyl groups is 1. The molecule has 0 aromatic heterocycles. The van der Waals surface area contributed by atoms with Gasteiger partial charge in [0, 0.05) is 5.56 Å². The van der Waals surface area contributed by atoms with Crippen molar-refractivity contribution in [1.82, 2.24) is 0 Å². The summed E-state index contributed by atoms with van der Waals surface area (Å²) < 4.78 is 13.1. The lowest BCUT2D eigenvalue weighted by Gasteiger charge is -2.02. The third-order valence-corrected chi connectivity index (χ3v) is 1.59. The first-order chi connectivity index (χ1) is 6.15. The van der Waals surface area contributed by atoms with Gasteiger partial charge in [-0.3, -0.25) is 0 Å². The number of isocyanates is 1. The summed E-state index contributed by atoms with van der Waals surface area (Å²) in [6, 6.07) is 2.83. The molecule has 0 fully saturated rings. The van der Waals surface area contributed by atoms with Gasteiger partial charge in [-0.15, -0.1) is 0 Å². The minimum Gasteiger partial charge on any atom is -0.505 e. The Bertz CT molecular complexity index is 370. The molecule has 0 atom stereocenters. The van der Waals surface area contributed by atoms with Gasteiger partial charge in [-0.25, -0.2) is 14.2 Å². The smallest absolute Gasteiger partial charge is 0.235 e.